The highest BCUT2D eigenvalue weighted by Gasteiger charge is 2.58. The van der Waals surface area contributed by atoms with Crippen molar-refractivity contribution >= 4 is 5.78 Å². The average Bonchev–Trinajstić information content (AvgIpc) is 3.02. The standard InChI is InChI=1S/C25H32O3/c1-25-12-11-20-19-8-5-17(26)13-16(19)14-21(15-3-6-18(28-2)7-4-15)24(20)22(25)9-10-23(25)27/h3-4,6-7,13,19-24,27H,5,8-12,14H2,1-2H3/t19-,20+,21+,22-,23-,24-,25-/m0/s1. The Morgan fingerprint density at radius 2 is 1.86 bits per heavy atom. The number of ketones is 1. The maximum Gasteiger partial charge on any atom is 0.155 e. The van der Waals surface area contributed by atoms with Crippen LogP contribution in [0.15, 0.2) is 35.9 Å². The van der Waals surface area contributed by atoms with Crippen molar-refractivity contribution in [3.63, 3.8) is 0 Å². The van der Waals surface area contributed by atoms with E-state index in [1.165, 1.54) is 17.6 Å². The number of hydrogen-bond acceptors (Lipinski definition) is 3. The molecule has 0 saturated heterocycles. The van der Waals surface area contributed by atoms with Crippen LogP contribution in [0.1, 0.15) is 63.4 Å². The molecule has 1 aromatic carbocycles. The summed E-state index contributed by atoms with van der Waals surface area (Å²) in [5.41, 5.74) is 2.84. The van der Waals surface area contributed by atoms with Crippen molar-refractivity contribution in [2.75, 3.05) is 7.11 Å². The van der Waals surface area contributed by atoms with Crippen molar-refractivity contribution in [3.8, 4) is 5.75 Å². The van der Waals surface area contributed by atoms with E-state index < -0.39 is 0 Å². The van der Waals surface area contributed by atoms with Crippen LogP contribution in [0, 0.1) is 29.1 Å². The Bertz CT molecular complexity index is 795. The highest BCUT2D eigenvalue weighted by Crippen LogP contribution is 2.64. The molecule has 5 rings (SSSR count). The zero-order valence-corrected chi connectivity index (χ0v) is 17.1. The van der Waals surface area contributed by atoms with Crippen LogP contribution < -0.4 is 4.74 Å². The number of carbonyl (C=O) groups is 1. The molecule has 3 fully saturated rings. The fraction of sp³-hybridized carbons (Fsp3) is 0.640. The predicted molar refractivity (Wildman–Crippen MR) is 109 cm³/mol. The summed E-state index contributed by atoms with van der Waals surface area (Å²) in [7, 11) is 1.71. The molecule has 7 atom stereocenters. The minimum absolute atomic E-state index is 0.0671. The van der Waals surface area contributed by atoms with Crippen LogP contribution >= 0.6 is 0 Å². The van der Waals surface area contributed by atoms with E-state index in [9.17, 15) is 9.90 Å². The van der Waals surface area contributed by atoms with Gasteiger partial charge in [0.25, 0.3) is 0 Å². The Kier molecular flexibility index (Phi) is 4.42. The molecule has 3 nitrogen and oxygen atoms in total. The molecule has 0 spiro atoms. The zero-order chi connectivity index (χ0) is 19.5. The molecule has 0 amide bonds. The van der Waals surface area contributed by atoms with Gasteiger partial charge in [-0.2, -0.15) is 0 Å². The SMILES string of the molecule is COc1ccc([C@H]2CC3=CC(=O)CC[C@@H]3[C@H]3CC[C@]4(C)[C@@H](O)CC[C@H]4[C@@H]32)cc1. The van der Waals surface area contributed by atoms with Crippen molar-refractivity contribution < 1.29 is 14.6 Å². The van der Waals surface area contributed by atoms with Gasteiger partial charge in [-0.05, 0) is 97.3 Å². The Balaban J connectivity index is 1.57. The van der Waals surface area contributed by atoms with Crippen LogP contribution in [0.5, 0.6) is 5.75 Å². The number of allylic oxidation sites excluding steroid dienone is 1. The van der Waals surface area contributed by atoms with Crippen LogP contribution in [-0.4, -0.2) is 24.1 Å². The molecule has 3 saturated carbocycles. The van der Waals surface area contributed by atoms with Gasteiger partial charge >= 0.3 is 0 Å². The third-order valence-electron chi connectivity index (χ3n) is 8.84. The number of carbonyl (C=O) groups excluding carboxylic acids is 1. The number of rotatable bonds is 2. The molecule has 4 aliphatic rings. The van der Waals surface area contributed by atoms with Crippen molar-refractivity contribution in [1.29, 1.82) is 0 Å². The third-order valence-corrected chi connectivity index (χ3v) is 8.84. The van der Waals surface area contributed by atoms with Crippen LogP contribution in [0.25, 0.3) is 0 Å². The summed E-state index contributed by atoms with van der Waals surface area (Å²) in [4.78, 5) is 12.2. The number of fused-ring (bicyclic) bond motifs is 5. The molecule has 1 aromatic rings. The quantitative estimate of drug-likeness (QED) is 0.794. The first-order valence-corrected chi connectivity index (χ1v) is 11.1. The van der Waals surface area contributed by atoms with E-state index in [4.69, 9.17) is 4.74 Å². The summed E-state index contributed by atoms with van der Waals surface area (Å²) < 4.78 is 5.37. The maximum absolute atomic E-state index is 12.2. The van der Waals surface area contributed by atoms with Gasteiger partial charge in [0.2, 0.25) is 0 Å². The van der Waals surface area contributed by atoms with Crippen molar-refractivity contribution in [3.05, 3.63) is 41.5 Å². The summed E-state index contributed by atoms with van der Waals surface area (Å²) in [6.45, 7) is 2.34. The molecule has 0 heterocycles. The zero-order valence-electron chi connectivity index (χ0n) is 17.1. The molecule has 28 heavy (non-hydrogen) atoms. The van der Waals surface area contributed by atoms with Crippen LogP contribution in [0.4, 0.5) is 0 Å². The molecule has 0 radical (unpaired) electrons. The van der Waals surface area contributed by atoms with Gasteiger partial charge in [-0.15, -0.1) is 0 Å². The second kappa shape index (κ2) is 6.73. The van der Waals surface area contributed by atoms with E-state index in [0.29, 0.717) is 35.4 Å². The first kappa shape index (κ1) is 18.4. The van der Waals surface area contributed by atoms with Gasteiger partial charge in [0.1, 0.15) is 5.75 Å². The van der Waals surface area contributed by atoms with E-state index in [1.807, 2.05) is 6.08 Å². The molecule has 1 N–H and O–H groups in total. The third kappa shape index (κ3) is 2.69. The number of hydrogen-bond donors (Lipinski definition) is 1. The maximum atomic E-state index is 12.2. The predicted octanol–water partition coefficient (Wildman–Crippen LogP) is 4.89. The molecule has 0 aliphatic heterocycles. The second-order valence-corrected chi connectivity index (χ2v) is 9.90. The fourth-order valence-corrected chi connectivity index (χ4v) is 7.39. The number of aliphatic hydroxyl groups excluding tert-OH is 1. The Morgan fingerprint density at radius 3 is 2.61 bits per heavy atom. The summed E-state index contributed by atoms with van der Waals surface area (Å²) in [5.74, 6) is 4.09. The smallest absolute Gasteiger partial charge is 0.155 e. The van der Waals surface area contributed by atoms with Gasteiger partial charge in [-0.3, -0.25) is 4.79 Å². The van der Waals surface area contributed by atoms with Gasteiger partial charge in [-0.1, -0.05) is 24.6 Å². The topological polar surface area (TPSA) is 46.5 Å². The lowest BCUT2D eigenvalue weighted by molar-refractivity contribution is -0.116. The Labute approximate surface area is 168 Å². The van der Waals surface area contributed by atoms with Gasteiger partial charge < -0.3 is 9.84 Å². The van der Waals surface area contributed by atoms with Crippen LogP contribution in [0.3, 0.4) is 0 Å². The van der Waals surface area contributed by atoms with Crippen molar-refractivity contribution in [2.24, 2.45) is 29.1 Å². The molecule has 0 aromatic heterocycles. The van der Waals surface area contributed by atoms with E-state index in [1.54, 1.807) is 7.11 Å². The lowest BCUT2D eigenvalue weighted by Gasteiger charge is -2.56. The van der Waals surface area contributed by atoms with E-state index in [-0.39, 0.29) is 11.5 Å². The second-order valence-electron chi connectivity index (χ2n) is 9.90. The van der Waals surface area contributed by atoms with Crippen molar-refractivity contribution in [2.45, 2.75) is 63.9 Å². The number of aliphatic hydroxyl groups is 1. The highest BCUT2D eigenvalue weighted by molar-refractivity contribution is 5.91. The van der Waals surface area contributed by atoms with Gasteiger partial charge in [-0.25, -0.2) is 0 Å². The average molecular weight is 381 g/mol. The first-order valence-electron chi connectivity index (χ1n) is 11.1. The van der Waals surface area contributed by atoms with E-state index >= 15 is 0 Å². The van der Waals surface area contributed by atoms with Crippen molar-refractivity contribution in [1.82, 2.24) is 0 Å². The largest absolute Gasteiger partial charge is 0.497 e. The Hall–Kier alpha value is -1.61. The van der Waals surface area contributed by atoms with Crippen LogP contribution in [-0.2, 0) is 4.79 Å². The number of methoxy groups -OCH3 is 1. The molecule has 4 aliphatic carbocycles. The molecule has 0 unspecified atom stereocenters. The minimum atomic E-state index is -0.153. The van der Waals surface area contributed by atoms with Gasteiger partial charge in [0.05, 0.1) is 13.2 Å². The summed E-state index contributed by atoms with van der Waals surface area (Å²) in [6.07, 6.45) is 9.01. The lowest BCUT2D eigenvalue weighted by atomic mass is 9.48. The van der Waals surface area contributed by atoms with Crippen LogP contribution in [0.2, 0.25) is 0 Å². The van der Waals surface area contributed by atoms with E-state index in [2.05, 4.69) is 31.2 Å². The molecule has 0 bridgehead atoms. The lowest BCUT2D eigenvalue weighted by Crippen LogP contribution is -2.50. The highest BCUT2D eigenvalue weighted by atomic mass is 16.5. The summed E-state index contributed by atoms with van der Waals surface area (Å²) in [5, 5.41) is 10.8. The molecule has 3 heteroatoms. The normalized spacial score (nSPS) is 42.2. The summed E-state index contributed by atoms with van der Waals surface area (Å²) >= 11 is 0. The molecular formula is C25H32O3. The summed E-state index contributed by atoms with van der Waals surface area (Å²) in [6, 6.07) is 8.59. The first-order chi connectivity index (χ1) is 13.5. The number of ether oxygens (including phenoxy) is 1. The monoisotopic (exact) mass is 380 g/mol. The minimum Gasteiger partial charge on any atom is -0.497 e. The van der Waals surface area contributed by atoms with E-state index in [0.717, 1.165) is 44.3 Å². The number of benzene rings is 1. The molecular weight excluding hydrogens is 348 g/mol. The molecule has 150 valence electrons. The van der Waals surface area contributed by atoms with Gasteiger partial charge in [0.15, 0.2) is 5.78 Å². The fourth-order valence-electron chi connectivity index (χ4n) is 7.39. The Morgan fingerprint density at radius 1 is 1.07 bits per heavy atom. The van der Waals surface area contributed by atoms with Gasteiger partial charge in [0, 0.05) is 6.42 Å².